The minimum atomic E-state index is -0.720. The summed E-state index contributed by atoms with van der Waals surface area (Å²) in [6.07, 6.45) is 1.18. The van der Waals surface area contributed by atoms with Crippen LogP contribution in [0.3, 0.4) is 0 Å². The van der Waals surface area contributed by atoms with E-state index < -0.39 is 11.9 Å². The molecule has 21 heavy (non-hydrogen) atoms. The van der Waals surface area contributed by atoms with E-state index in [4.69, 9.17) is 28.9 Å². The third kappa shape index (κ3) is 5.28. The van der Waals surface area contributed by atoms with E-state index in [0.717, 1.165) is 0 Å². The number of rotatable bonds is 2. The fraction of sp³-hybridized carbons (Fsp3) is 0.286. The maximum Gasteiger partial charge on any atom is 0.326 e. The van der Waals surface area contributed by atoms with Crippen LogP contribution in [-0.2, 0) is 4.79 Å². The summed E-state index contributed by atoms with van der Waals surface area (Å²) < 4.78 is 0. The van der Waals surface area contributed by atoms with Crippen molar-refractivity contribution in [2.24, 2.45) is 11.1 Å². The number of urea groups is 1. The van der Waals surface area contributed by atoms with Crippen molar-refractivity contribution in [1.82, 2.24) is 5.32 Å². The van der Waals surface area contributed by atoms with Gasteiger partial charge in [0.25, 0.3) is 5.91 Å². The van der Waals surface area contributed by atoms with Crippen LogP contribution in [0.25, 0.3) is 0 Å². The van der Waals surface area contributed by atoms with Gasteiger partial charge in [0.15, 0.2) is 0 Å². The Morgan fingerprint density at radius 2 is 1.86 bits per heavy atom. The summed E-state index contributed by atoms with van der Waals surface area (Å²) in [7, 11) is 0. The summed E-state index contributed by atoms with van der Waals surface area (Å²) in [6, 6.07) is 4.06. The van der Waals surface area contributed by atoms with E-state index in [1.165, 1.54) is 6.08 Å². The SMILES string of the molecule is CC(C)(C)/C(N)=C/C(=O)NC(=O)Nc1cccc(Cl)c1Cl. The van der Waals surface area contributed by atoms with Crippen molar-refractivity contribution in [1.29, 1.82) is 0 Å². The molecule has 0 saturated carbocycles. The second kappa shape index (κ2) is 6.83. The second-order valence-electron chi connectivity index (χ2n) is 5.39. The molecular weight excluding hydrogens is 313 g/mol. The van der Waals surface area contributed by atoms with Crippen LogP contribution in [0.1, 0.15) is 20.8 Å². The summed E-state index contributed by atoms with van der Waals surface area (Å²) in [6.45, 7) is 5.58. The summed E-state index contributed by atoms with van der Waals surface area (Å²) in [5.74, 6) is -0.613. The number of amides is 3. The number of carbonyl (C=O) groups is 2. The molecule has 7 heteroatoms. The number of hydrogen-bond donors (Lipinski definition) is 3. The average Bonchev–Trinajstić information content (AvgIpc) is 2.33. The topological polar surface area (TPSA) is 84.2 Å². The highest BCUT2D eigenvalue weighted by molar-refractivity contribution is 6.44. The maximum atomic E-state index is 11.7. The van der Waals surface area contributed by atoms with Gasteiger partial charge in [-0.05, 0) is 12.1 Å². The van der Waals surface area contributed by atoms with Crippen LogP contribution in [0.4, 0.5) is 10.5 Å². The molecule has 0 spiro atoms. The summed E-state index contributed by atoms with van der Waals surface area (Å²) >= 11 is 11.8. The van der Waals surface area contributed by atoms with Gasteiger partial charge in [0.2, 0.25) is 0 Å². The molecule has 3 amide bonds. The molecule has 5 nitrogen and oxygen atoms in total. The predicted molar refractivity (Wildman–Crippen MR) is 85.3 cm³/mol. The quantitative estimate of drug-likeness (QED) is 0.725. The predicted octanol–water partition coefficient (Wildman–Crippen LogP) is 3.53. The van der Waals surface area contributed by atoms with Gasteiger partial charge in [0, 0.05) is 17.2 Å². The van der Waals surface area contributed by atoms with Crippen LogP contribution in [-0.4, -0.2) is 11.9 Å². The van der Waals surface area contributed by atoms with Gasteiger partial charge in [-0.25, -0.2) is 4.79 Å². The number of imide groups is 1. The van der Waals surface area contributed by atoms with Gasteiger partial charge in [-0.15, -0.1) is 0 Å². The first kappa shape index (κ1) is 17.3. The number of nitrogens with two attached hydrogens (primary N) is 1. The fourth-order valence-electron chi connectivity index (χ4n) is 1.26. The first-order valence-electron chi connectivity index (χ1n) is 6.15. The second-order valence-corrected chi connectivity index (χ2v) is 6.18. The lowest BCUT2D eigenvalue weighted by Crippen LogP contribution is -2.34. The van der Waals surface area contributed by atoms with Gasteiger partial charge >= 0.3 is 6.03 Å². The Balaban J connectivity index is 2.70. The van der Waals surface area contributed by atoms with Crippen molar-refractivity contribution in [2.45, 2.75) is 20.8 Å². The van der Waals surface area contributed by atoms with Gasteiger partial charge in [0.05, 0.1) is 15.7 Å². The normalized spacial score (nSPS) is 12.0. The number of carbonyl (C=O) groups excluding carboxylic acids is 2. The zero-order chi connectivity index (χ0) is 16.2. The molecule has 1 rings (SSSR count). The zero-order valence-electron chi connectivity index (χ0n) is 12.0. The standard InChI is InChI=1S/C14H17Cl2N3O2/c1-14(2,3)10(17)7-11(20)19-13(21)18-9-6-4-5-8(15)12(9)16/h4-7H,17H2,1-3H3,(H2,18,19,20,21)/b10-7-. The molecule has 1 aromatic carbocycles. The number of nitrogens with one attached hydrogen (secondary N) is 2. The van der Waals surface area contributed by atoms with Gasteiger partial charge in [-0.1, -0.05) is 50.0 Å². The average molecular weight is 330 g/mol. The monoisotopic (exact) mass is 329 g/mol. The van der Waals surface area contributed by atoms with Crippen molar-refractivity contribution in [3.05, 3.63) is 40.0 Å². The molecule has 0 bridgehead atoms. The van der Waals surface area contributed by atoms with Crippen molar-refractivity contribution < 1.29 is 9.59 Å². The van der Waals surface area contributed by atoms with E-state index in [2.05, 4.69) is 10.6 Å². The van der Waals surface area contributed by atoms with E-state index in [1.807, 2.05) is 20.8 Å². The van der Waals surface area contributed by atoms with E-state index >= 15 is 0 Å². The van der Waals surface area contributed by atoms with Crippen LogP contribution in [0.2, 0.25) is 10.0 Å². The molecule has 0 saturated heterocycles. The summed E-state index contributed by atoms with van der Waals surface area (Å²) in [4.78, 5) is 23.4. The molecule has 0 heterocycles. The molecule has 0 radical (unpaired) electrons. The van der Waals surface area contributed by atoms with Crippen molar-refractivity contribution >= 4 is 40.8 Å². The van der Waals surface area contributed by atoms with Gasteiger partial charge in [-0.3, -0.25) is 10.1 Å². The molecule has 0 atom stereocenters. The van der Waals surface area contributed by atoms with E-state index in [9.17, 15) is 9.59 Å². The molecule has 0 fully saturated rings. The molecule has 1 aromatic rings. The molecule has 0 aromatic heterocycles. The first-order valence-corrected chi connectivity index (χ1v) is 6.90. The lowest BCUT2D eigenvalue weighted by molar-refractivity contribution is -0.115. The van der Waals surface area contributed by atoms with Gasteiger partial charge < -0.3 is 11.1 Å². The third-order valence-electron chi connectivity index (χ3n) is 2.59. The Labute approximate surface area is 133 Å². The number of halogens is 2. The van der Waals surface area contributed by atoms with E-state index in [0.29, 0.717) is 16.4 Å². The smallest absolute Gasteiger partial charge is 0.326 e. The number of hydrogen-bond acceptors (Lipinski definition) is 3. The molecule has 0 aliphatic carbocycles. The van der Waals surface area contributed by atoms with Crippen LogP contribution in [0.15, 0.2) is 30.0 Å². The highest BCUT2D eigenvalue weighted by Crippen LogP contribution is 2.29. The Hall–Kier alpha value is -1.72. The van der Waals surface area contributed by atoms with Crippen molar-refractivity contribution in [2.75, 3.05) is 5.32 Å². The molecule has 4 N–H and O–H groups in total. The maximum absolute atomic E-state index is 11.7. The van der Waals surface area contributed by atoms with E-state index in [-0.39, 0.29) is 10.4 Å². The van der Waals surface area contributed by atoms with Gasteiger partial charge in [0.1, 0.15) is 0 Å². The Bertz CT molecular complexity index is 592. The minimum absolute atomic E-state index is 0.200. The summed E-state index contributed by atoms with van der Waals surface area (Å²) in [5, 5.41) is 5.07. The lowest BCUT2D eigenvalue weighted by atomic mass is 9.92. The number of allylic oxidation sites excluding steroid dienone is 1. The lowest BCUT2D eigenvalue weighted by Gasteiger charge is -2.18. The van der Waals surface area contributed by atoms with Crippen LogP contribution >= 0.6 is 23.2 Å². The van der Waals surface area contributed by atoms with Crippen molar-refractivity contribution in [3.63, 3.8) is 0 Å². The first-order chi connectivity index (χ1) is 9.61. The van der Waals surface area contributed by atoms with Crippen LogP contribution in [0.5, 0.6) is 0 Å². The Morgan fingerprint density at radius 3 is 2.43 bits per heavy atom. The van der Waals surface area contributed by atoms with Gasteiger partial charge in [-0.2, -0.15) is 0 Å². The number of anilines is 1. The third-order valence-corrected chi connectivity index (χ3v) is 3.41. The summed E-state index contributed by atoms with van der Waals surface area (Å²) in [5.41, 5.74) is 6.07. The molecule has 114 valence electrons. The molecule has 0 unspecified atom stereocenters. The number of benzene rings is 1. The highest BCUT2D eigenvalue weighted by atomic mass is 35.5. The molecule has 0 aliphatic rings. The van der Waals surface area contributed by atoms with E-state index in [1.54, 1.807) is 18.2 Å². The minimum Gasteiger partial charge on any atom is -0.401 e. The Morgan fingerprint density at radius 1 is 1.24 bits per heavy atom. The van der Waals surface area contributed by atoms with Crippen LogP contribution < -0.4 is 16.4 Å². The highest BCUT2D eigenvalue weighted by Gasteiger charge is 2.16. The largest absolute Gasteiger partial charge is 0.401 e. The molecular formula is C14H17Cl2N3O2. The van der Waals surface area contributed by atoms with Crippen molar-refractivity contribution in [3.8, 4) is 0 Å². The van der Waals surface area contributed by atoms with Crippen LogP contribution in [0, 0.1) is 5.41 Å². The molecule has 0 aliphatic heterocycles. The zero-order valence-corrected chi connectivity index (χ0v) is 13.5. The Kier molecular flexibility index (Phi) is 5.63. The fourth-order valence-corrected chi connectivity index (χ4v) is 1.61.